The van der Waals surface area contributed by atoms with E-state index in [9.17, 15) is 0 Å². The average Bonchev–Trinajstić information content (AvgIpc) is 3.43. The van der Waals surface area contributed by atoms with Crippen molar-refractivity contribution in [2.24, 2.45) is 0 Å². The lowest BCUT2D eigenvalue weighted by Gasteiger charge is -2.32. The van der Waals surface area contributed by atoms with Crippen LogP contribution in [0.2, 0.25) is 0 Å². The summed E-state index contributed by atoms with van der Waals surface area (Å²) < 4.78 is 13.7. The summed E-state index contributed by atoms with van der Waals surface area (Å²) in [5, 5.41) is 4.31. The van der Waals surface area contributed by atoms with Gasteiger partial charge in [0.15, 0.2) is 11.4 Å². The Balaban J connectivity index is 1.50. The van der Waals surface area contributed by atoms with Gasteiger partial charge >= 0.3 is 0 Å². The minimum atomic E-state index is 0.228. The fourth-order valence-corrected chi connectivity index (χ4v) is 4.96. The SMILES string of the molecule is COc1cc(-c2[nH]c3ccc(OC4CCC(N(C)C)CC4)nc3c2C(C)C)cn2ncnc12. The van der Waals surface area contributed by atoms with Crippen LogP contribution >= 0.6 is 0 Å². The second-order valence-corrected chi connectivity index (χ2v) is 9.45. The Kier molecular flexibility index (Phi) is 5.70. The molecule has 4 heterocycles. The van der Waals surface area contributed by atoms with Crippen LogP contribution in [0.15, 0.2) is 30.7 Å². The van der Waals surface area contributed by atoms with Crippen LogP contribution in [0.25, 0.3) is 27.9 Å². The maximum Gasteiger partial charge on any atom is 0.214 e. The third-order valence-electron chi connectivity index (χ3n) is 6.74. The standard InChI is InChI=1S/C25H32N6O2/c1-15(2)22-23(16-12-20(32-5)25-26-14-27-31(25)13-16)28-19-10-11-21(29-24(19)22)33-18-8-6-17(7-9-18)30(3)4/h10-15,17-18,28H,6-9H2,1-5H3. The molecule has 0 radical (unpaired) electrons. The minimum absolute atomic E-state index is 0.228. The molecule has 1 saturated carbocycles. The highest BCUT2D eigenvalue weighted by Gasteiger charge is 2.25. The van der Waals surface area contributed by atoms with Gasteiger partial charge in [0, 0.05) is 29.4 Å². The Hall–Kier alpha value is -3.13. The molecule has 4 aromatic rings. The zero-order valence-electron chi connectivity index (χ0n) is 20.0. The van der Waals surface area contributed by atoms with Crippen molar-refractivity contribution in [2.45, 2.75) is 57.6 Å². The highest BCUT2D eigenvalue weighted by Crippen LogP contribution is 2.37. The molecule has 1 fully saturated rings. The molecule has 0 saturated heterocycles. The number of H-pyrrole nitrogens is 1. The lowest BCUT2D eigenvalue weighted by atomic mass is 9.92. The summed E-state index contributed by atoms with van der Waals surface area (Å²) in [6, 6.07) is 6.70. The molecule has 1 aliphatic rings. The summed E-state index contributed by atoms with van der Waals surface area (Å²) in [6.07, 6.45) is 8.20. The third kappa shape index (κ3) is 4.04. The monoisotopic (exact) mass is 448 g/mol. The largest absolute Gasteiger partial charge is 0.493 e. The predicted molar refractivity (Wildman–Crippen MR) is 129 cm³/mol. The van der Waals surface area contributed by atoms with Crippen LogP contribution in [-0.2, 0) is 0 Å². The molecule has 8 nitrogen and oxygen atoms in total. The number of aromatic amines is 1. The Labute approximate surface area is 193 Å². The number of nitrogens with zero attached hydrogens (tertiary/aromatic N) is 5. The molecule has 4 aromatic heterocycles. The van der Waals surface area contributed by atoms with Crippen molar-refractivity contribution >= 4 is 16.7 Å². The van der Waals surface area contributed by atoms with Gasteiger partial charge in [0.05, 0.1) is 23.8 Å². The molecule has 0 aliphatic heterocycles. The van der Waals surface area contributed by atoms with Crippen LogP contribution in [0, 0.1) is 0 Å². The van der Waals surface area contributed by atoms with E-state index in [1.165, 1.54) is 6.33 Å². The van der Waals surface area contributed by atoms with Crippen LogP contribution < -0.4 is 9.47 Å². The topological polar surface area (TPSA) is 80.6 Å². The predicted octanol–water partition coefficient (Wildman–Crippen LogP) is 4.66. The molecule has 174 valence electrons. The van der Waals surface area contributed by atoms with E-state index in [1.54, 1.807) is 11.6 Å². The Bertz CT molecular complexity index is 1270. The molecule has 1 aliphatic carbocycles. The zero-order chi connectivity index (χ0) is 23.1. The van der Waals surface area contributed by atoms with Gasteiger partial charge in [-0.1, -0.05) is 13.8 Å². The summed E-state index contributed by atoms with van der Waals surface area (Å²) in [5.41, 5.74) is 5.81. The second kappa shape index (κ2) is 8.67. The van der Waals surface area contributed by atoms with E-state index in [0.717, 1.165) is 53.5 Å². The molecule has 1 N–H and O–H groups in total. The molecule has 8 heteroatoms. The average molecular weight is 449 g/mol. The van der Waals surface area contributed by atoms with Crippen molar-refractivity contribution in [3.63, 3.8) is 0 Å². The van der Waals surface area contributed by atoms with Gasteiger partial charge in [-0.15, -0.1) is 0 Å². The maximum atomic E-state index is 6.34. The molecule has 0 atom stereocenters. The van der Waals surface area contributed by atoms with E-state index in [2.05, 4.69) is 54.0 Å². The van der Waals surface area contributed by atoms with E-state index in [1.807, 2.05) is 18.3 Å². The molecule has 0 bridgehead atoms. The second-order valence-electron chi connectivity index (χ2n) is 9.45. The number of ether oxygens (including phenoxy) is 2. The number of hydrogen-bond acceptors (Lipinski definition) is 6. The molecule has 0 spiro atoms. The van der Waals surface area contributed by atoms with Gasteiger partial charge in [0.2, 0.25) is 5.88 Å². The number of fused-ring (bicyclic) bond motifs is 2. The first kappa shape index (κ1) is 21.7. The fourth-order valence-electron chi connectivity index (χ4n) is 4.96. The summed E-state index contributed by atoms with van der Waals surface area (Å²) in [7, 11) is 5.97. The highest BCUT2D eigenvalue weighted by atomic mass is 16.5. The van der Waals surface area contributed by atoms with Gasteiger partial charge < -0.3 is 19.4 Å². The third-order valence-corrected chi connectivity index (χ3v) is 6.74. The Morgan fingerprint density at radius 2 is 1.94 bits per heavy atom. The van der Waals surface area contributed by atoms with Crippen LogP contribution in [-0.4, -0.2) is 62.8 Å². The van der Waals surface area contributed by atoms with Crippen molar-refractivity contribution < 1.29 is 9.47 Å². The zero-order valence-corrected chi connectivity index (χ0v) is 20.0. The van der Waals surface area contributed by atoms with Gasteiger partial charge in [-0.3, -0.25) is 0 Å². The summed E-state index contributed by atoms with van der Waals surface area (Å²) >= 11 is 0. The molecular formula is C25H32N6O2. The van der Waals surface area contributed by atoms with E-state index in [0.29, 0.717) is 23.3 Å². The molecule has 0 amide bonds. The van der Waals surface area contributed by atoms with Crippen molar-refractivity contribution in [1.82, 2.24) is 29.5 Å². The highest BCUT2D eigenvalue weighted by molar-refractivity contribution is 5.89. The van der Waals surface area contributed by atoms with Crippen LogP contribution in [0.1, 0.15) is 51.0 Å². The van der Waals surface area contributed by atoms with Gasteiger partial charge in [-0.2, -0.15) is 5.10 Å². The van der Waals surface area contributed by atoms with Crippen molar-refractivity contribution in [3.8, 4) is 22.9 Å². The Morgan fingerprint density at radius 3 is 2.64 bits per heavy atom. The first-order chi connectivity index (χ1) is 15.9. The van der Waals surface area contributed by atoms with Crippen LogP contribution in [0.4, 0.5) is 0 Å². The minimum Gasteiger partial charge on any atom is -0.493 e. The van der Waals surface area contributed by atoms with Gasteiger partial charge in [0.25, 0.3) is 0 Å². The first-order valence-electron chi connectivity index (χ1n) is 11.7. The Morgan fingerprint density at radius 1 is 1.15 bits per heavy atom. The van der Waals surface area contributed by atoms with Gasteiger partial charge in [0.1, 0.15) is 12.4 Å². The molecular weight excluding hydrogens is 416 g/mol. The number of methoxy groups -OCH3 is 1. The lowest BCUT2D eigenvalue weighted by Crippen LogP contribution is -2.35. The normalized spacial score (nSPS) is 19.1. The number of rotatable bonds is 6. The van der Waals surface area contributed by atoms with Gasteiger partial charge in [-0.25, -0.2) is 14.5 Å². The van der Waals surface area contributed by atoms with E-state index >= 15 is 0 Å². The van der Waals surface area contributed by atoms with E-state index in [4.69, 9.17) is 14.5 Å². The van der Waals surface area contributed by atoms with Gasteiger partial charge in [-0.05, 0) is 57.8 Å². The van der Waals surface area contributed by atoms with E-state index in [-0.39, 0.29) is 12.0 Å². The number of pyridine rings is 2. The number of nitrogens with one attached hydrogen (secondary N) is 1. The number of hydrogen-bond donors (Lipinski definition) is 1. The molecule has 5 rings (SSSR count). The smallest absolute Gasteiger partial charge is 0.214 e. The lowest BCUT2D eigenvalue weighted by molar-refractivity contribution is 0.107. The van der Waals surface area contributed by atoms with Crippen LogP contribution in [0.5, 0.6) is 11.6 Å². The van der Waals surface area contributed by atoms with Crippen LogP contribution in [0.3, 0.4) is 0 Å². The summed E-state index contributed by atoms with van der Waals surface area (Å²) in [6.45, 7) is 4.38. The fraction of sp³-hybridized carbons (Fsp3) is 0.480. The molecule has 33 heavy (non-hydrogen) atoms. The maximum absolute atomic E-state index is 6.34. The summed E-state index contributed by atoms with van der Waals surface area (Å²) in [5.74, 6) is 1.65. The molecule has 0 unspecified atom stereocenters. The first-order valence-corrected chi connectivity index (χ1v) is 11.7. The molecule has 0 aromatic carbocycles. The van der Waals surface area contributed by atoms with Crippen molar-refractivity contribution in [3.05, 3.63) is 36.3 Å². The van der Waals surface area contributed by atoms with Crippen molar-refractivity contribution in [2.75, 3.05) is 21.2 Å². The van der Waals surface area contributed by atoms with E-state index < -0.39 is 0 Å². The summed E-state index contributed by atoms with van der Waals surface area (Å²) in [4.78, 5) is 15.1. The number of aromatic nitrogens is 5. The quantitative estimate of drug-likeness (QED) is 0.462. The van der Waals surface area contributed by atoms with Crippen molar-refractivity contribution in [1.29, 1.82) is 0 Å².